The Morgan fingerprint density at radius 2 is 2.33 bits per heavy atom. The number of nitrogens with two attached hydrogens (primary N) is 1. The van der Waals surface area contributed by atoms with E-state index in [2.05, 4.69) is 19.7 Å². The summed E-state index contributed by atoms with van der Waals surface area (Å²) in [7, 11) is 0. The molecule has 0 saturated carbocycles. The van der Waals surface area contributed by atoms with E-state index in [9.17, 15) is 0 Å². The molecule has 0 aromatic carbocycles. The topological polar surface area (TPSA) is 90.7 Å². The summed E-state index contributed by atoms with van der Waals surface area (Å²) in [5, 5.41) is 7.75. The minimum atomic E-state index is 0.495. The molecule has 80 valence electrons. The van der Waals surface area contributed by atoms with Gasteiger partial charge < -0.3 is 10.3 Å². The number of aromatic nitrogens is 4. The van der Waals surface area contributed by atoms with Gasteiger partial charge in [-0.15, -0.1) is 5.10 Å². The number of nitrogens with zero attached hydrogens (tertiary/aromatic N) is 4. The summed E-state index contributed by atoms with van der Waals surface area (Å²) in [6.07, 6.45) is 1.60. The van der Waals surface area contributed by atoms with E-state index in [1.165, 1.54) is 11.5 Å². The second-order valence-electron chi connectivity index (χ2n) is 3.10. The molecule has 2 aromatic rings. The first-order valence-electron chi connectivity index (χ1n) is 4.63. The fourth-order valence-corrected chi connectivity index (χ4v) is 1.71. The maximum atomic E-state index is 5.40. The summed E-state index contributed by atoms with van der Waals surface area (Å²) in [5.74, 6) is 1.18. The van der Waals surface area contributed by atoms with Gasteiger partial charge in [-0.3, -0.25) is 0 Å². The van der Waals surface area contributed by atoms with Crippen molar-refractivity contribution in [3.63, 3.8) is 0 Å². The molecule has 0 atom stereocenters. The van der Waals surface area contributed by atoms with Crippen molar-refractivity contribution >= 4 is 11.5 Å². The molecule has 0 radical (unpaired) electrons. The third-order valence-electron chi connectivity index (χ3n) is 1.92. The van der Waals surface area contributed by atoms with Crippen LogP contribution in [0.15, 0.2) is 4.52 Å². The molecular weight excluding hydrogens is 214 g/mol. The highest BCUT2D eigenvalue weighted by Gasteiger charge is 2.13. The molecule has 0 saturated heterocycles. The van der Waals surface area contributed by atoms with Gasteiger partial charge in [0.05, 0.1) is 5.69 Å². The van der Waals surface area contributed by atoms with E-state index in [1.807, 2.05) is 6.92 Å². The Morgan fingerprint density at radius 3 is 3.00 bits per heavy atom. The average molecular weight is 225 g/mol. The van der Waals surface area contributed by atoms with Crippen molar-refractivity contribution in [2.45, 2.75) is 19.8 Å². The number of hydrogen-bond donors (Lipinski definition) is 1. The molecule has 0 bridgehead atoms. The summed E-state index contributed by atoms with van der Waals surface area (Å²) < 4.78 is 8.93. The van der Waals surface area contributed by atoms with Gasteiger partial charge in [0.15, 0.2) is 5.82 Å². The minimum Gasteiger partial charge on any atom is -0.333 e. The van der Waals surface area contributed by atoms with Gasteiger partial charge in [0.25, 0.3) is 5.89 Å². The monoisotopic (exact) mass is 225 g/mol. The standard InChI is InChI=1S/C8H11N5OS/c1-5-7(15-13-11-5)8-10-6(12-14-8)3-2-4-9/h2-4,9H2,1H3. The predicted octanol–water partition coefficient (Wildman–Crippen LogP) is 0.788. The molecule has 0 fully saturated rings. The van der Waals surface area contributed by atoms with Gasteiger partial charge in [-0.05, 0) is 31.4 Å². The van der Waals surface area contributed by atoms with Crippen LogP contribution in [0.25, 0.3) is 10.8 Å². The second-order valence-corrected chi connectivity index (χ2v) is 3.85. The molecule has 6 nitrogen and oxygen atoms in total. The van der Waals surface area contributed by atoms with Crippen molar-refractivity contribution in [1.82, 2.24) is 19.7 Å². The maximum absolute atomic E-state index is 5.40. The molecule has 2 heterocycles. The summed E-state index contributed by atoms with van der Waals surface area (Å²) in [5.41, 5.74) is 6.21. The van der Waals surface area contributed by atoms with Crippen molar-refractivity contribution in [2.75, 3.05) is 6.54 Å². The van der Waals surface area contributed by atoms with Crippen LogP contribution in [0.2, 0.25) is 0 Å². The first-order chi connectivity index (χ1) is 7.31. The van der Waals surface area contributed by atoms with E-state index >= 15 is 0 Å². The van der Waals surface area contributed by atoms with E-state index in [4.69, 9.17) is 10.3 Å². The Bertz CT molecular complexity index is 438. The van der Waals surface area contributed by atoms with Crippen molar-refractivity contribution in [2.24, 2.45) is 5.73 Å². The van der Waals surface area contributed by atoms with Crippen LogP contribution in [0.4, 0.5) is 0 Å². The summed E-state index contributed by atoms with van der Waals surface area (Å²) in [4.78, 5) is 5.08. The molecule has 2 N–H and O–H groups in total. The molecule has 0 amide bonds. The zero-order valence-corrected chi connectivity index (χ0v) is 9.12. The first kappa shape index (κ1) is 10.2. The smallest absolute Gasteiger partial charge is 0.271 e. The minimum absolute atomic E-state index is 0.495. The van der Waals surface area contributed by atoms with Crippen LogP contribution < -0.4 is 5.73 Å². The SMILES string of the molecule is Cc1nnsc1-c1nc(CCCN)no1. The third-order valence-corrected chi connectivity index (χ3v) is 2.73. The van der Waals surface area contributed by atoms with Gasteiger partial charge in [0.2, 0.25) is 0 Å². The van der Waals surface area contributed by atoms with Crippen LogP contribution in [0.5, 0.6) is 0 Å². The van der Waals surface area contributed by atoms with E-state index in [0.717, 1.165) is 23.4 Å². The molecule has 0 unspecified atom stereocenters. The Labute approximate surface area is 90.7 Å². The van der Waals surface area contributed by atoms with Crippen LogP contribution in [0.1, 0.15) is 17.9 Å². The maximum Gasteiger partial charge on any atom is 0.271 e. The van der Waals surface area contributed by atoms with E-state index in [-0.39, 0.29) is 0 Å². The normalized spacial score (nSPS) is 10.8. The highest BCUT2D eigenvalue weighted by Crippen LogP contribution is 2.23. The van der Waals surface area contributed by atoms with Crippen molar-refractivity contribution in [3.05, 3.63) is 11.5 Å². The fraction of sp³-hybridized carbons (Fsp3) is 0.500. The Hall–Kier alpha value is -1.34. The van der Waals surface area contributed by atoms with Crippen molar-refractivity contribution in [1.29, 1.82) is 0 Å². The van der Waals surface area contributed by atoms with Crippen LogP contribution in [0.3, 0.4) is 0 Å². The molecule has 7 heteroatoms. The highest BCUT2D eigenvalue weighted by molar-refractivity contribution is 7.09. The average Bonchev–Trinajstić information content (AvgIpc) is 2.83. The highest BCUT2D eigenvalue weighted by atomic mass is 32.1. The molecule has 0 aliphatic rings. The molecule has 0 aliphatic carbocycles. The van der Waals surface area contributed by atoms with Crippen LogP contribution in [-0.2, 0) is 6.42 Å². The van der Waals surface area contributed by atoms with Crippen LogP contribution in [0, 0.1) is 6.92 Å². The van der Waals surface area contributed by atoms with E-state index in [1.54, 1.807) is 0 Å². The van der Waals surface area contributed by atoms with Crippen LogP contribution >= 0.6 is 11.5 Å². The lowest BCUT2D eigenvalue weighted by Gasteiger charge is -1.88. The fourth-order valence-electron chi connectivity index (χ4n) is 1.14. The number of rotatable bonds is 4. The zero-order chi connectivity index (χ0) is 10.7. The Kier molecular flexibility index (Phi) is 3.02. The van der Waals surface area contributed by atoms with Crippen molar-refractivity contribution in [3.8, 4) is 10.8 Å². The molecule has 0 spiro atoms. The van der Waals surface area contributed by atoms with E-state index in [0.29, 0.717) is 18.3 Å². The molecule has 0 aliphatic heterocycles. The Balaban J connectivity index is 2.17. The lowest BCUT2D eigenvalue weighted by Crippen LogP contribution is -2.01. The summed E-state index contributed by atoms with van der Waals surface area (Å²) >= 11 is 1.26. The lowest BCUT2D eigenvalue weighted by molar-refractivity contribution is 0.422. The molecule has 15 heavy (non-hydrogen) atoms. The van der Waals surface area contributed by atoms with Gasteiger partial charge in [-0.1, -0.05) is 9.64 Å². The summed E-state index contributed by atoms with van der Waals surface area (Å²) in [6, 6.07) is 0. The molecule has 2 rings (SSSR count). The zero-order valence-electron chi connectivity index (χ0n) is 8.30. The Morgan fingerprint density at radius 1 is 1.47 bits per heavy atom. The third kappa shape index (κ3) is 2.18. The second kappa shape index (κ2) is 4.45. The number of hydrogen-bond acceptors (Lipinski definition) is 7. The van der Waals surface area contributed by atoms with Gasteiger partial charge in [-0.2, -0.15) is 4.98 Å². The largest absolute Gasteiger partial charge is 0.333 e. The summed E-state index contributed by atoms with van der Waals surface area (Å²) in [6.45, 7) is 2.49. The number of aryl methyl sites for hydroxylation is 2. The van der Waals surface area contributed by atoms with Crippen LogP contribution in [-0.4, -0.2) is 26.3 Å². The van der Waals surface area contributed by atoms with Gasteiger partial charge in [0.1, 0.15) is 4.88 Å². The van der Waals surface area contributed by atoms with Gasteiger partial charge >= 0.3 is 0 Å². The van der Waals surface area contributed by atoms with E-state index < -0.39 is 0 Å². The lowest BCUT2D eigenvalue weighted by atomic mass is 10.3. The van der Waals surface area contributed by atoms with Crippen molar-refractivity contribution < 1.29 is 4.52 Å². The first-order valence-corrected chi connectivity index (χ1v) is 5.40. The molecular formula is C8H11N5OS. The quantitative estimate of drug-likeness (QED) is 0.827. The van der Waals surface area contributed by atoms with Gasteiger partial charge in [0, 0.05) is 6.42 Å². The molecule has 2 aromatic heterocycles. The predicted molar refractivity (Wildman–Crippen MR) is 55.3 cm³/mol. The van der Waals surface area contributed by atoms with Gasteiger partial charge in [-0.25, -0.2) is 0 Å².